The van der Waals surface area contributed by atoms with E-state index in [0.29, 0.717) is 68.5 Å². The number of phenols is 1. The first-order valence-corrected chi connectivity index (χ1v) is 13.7. The number of rotatable bonds is 10. The largest absolute Gasteiger partial charge is 0.504 e. The maximum absolute atomic E-state index is 15.9. The molecule has 3 heterocycles. The standard InChI is InChI=1S/C29H34F3N7O3/c1-5-7-23-25(24(8-6-2)35-15-34-23)39-28(37-42)20(27(36-29(39)41)38-10-9-33-14-16(38)3)13-21(31)17(4)19-11-18(30)12-22(32)26(19)40/h11-13,15-16,33,37,40,42H,4-10,14H2,1-3H3/b21-13+/t16-/m0/s1. The van der Waals surface area contributed by atoms with Gasteiger partial charge in [-0.15, -0.1) is 0 Å². The summed E-state index contributed by atoms with van der Waals surface area (Å²) in [7, 11) is 0. The molecule has 2 aromatic heterocycles. The van der Waals surface area contributed by atoms with Gasteiger partial charge in [0.2, 0.25) is 0 Å². The quantitative estimate of drug-likeness (QED) is 0.200. The second-order valence-electron chi connectivity index (χ2n) is 10.0. The van der Waals surface area contributed by atoms with Crippen molar-refractivity contribution >= 4 is 23.3 Å². The highest BCUT2D eigenvalue weighted by molar-refractivity contribution is 5.87. The molecule has 1 atom stereocenters. The van der Waals surface area contributed by atoms with Gasteiger partial charge in [0.25, 0.3) is 0 Å². The molecule has 4 rings (SSSR count). The first-order chi connectivity index (χ1) is 20.1. The third-order valence-corrected chi connectivity index (χ3v) is 7.08. The second kappa shape index (κ2) is 13.2. The van der Waals surface area contributed by atoms with E-state index in [9.17, 15) is 23.9 Å². The highest BCUT2D eigenvalue weighted by Gasteiger charge is 2.29. The molecular weight excluding hydrogens is 551 g/mol. The molecule has 42 heavy (non-hydrogen) atoms. The summed E-state index contributed by atoms with van der Waals surface area (Å²) >= 11 is 0. The third kappa shape index (κ3) is 6.02. The summed E-state index contributed by atoms with van der Waals surface area (Å²) in [6, 6.07) is 1.06. The van der Waals surface area contributed by atoms with Crippen molar-refractivity contribution in [3.05, 3.63) is 75.5 Å². The molecule has 0 amide bonds. The molecule has 0 radical (unpaired) electrons. The van der Waals surface area contributed by atoms with E-state index in [1.165, 1.54) is 6.33 Å². The summed E-state index contributed by atoms with van der Waals surface area (Å²) in [5.74, 6) is -4.51. The van der Waals surface area contributed by atoms with Crippen molar-refractivity contribution in [3.8, 4) is 11.4 Å². The summed E-state index contributed by atoms with van der Waals surface area (Å²) in [6.07, 6.45) is 4.75. The molecule has 10 nitrogen and oxygen atoms in total. The molecule has 13 heteroatoms. The van der Waals surface area contributed by atoms with Gasteiger partial charge in [0.1, 0.15) is 29.6 Å². The number of allylic oxidation sites excluding steroid dienone is 2. The number of piperazine rings is 1. The van der Waals surface area contributed by atoms with E-state index >= 15 is 4.39 Å². The minimum absolute atomic E-state index is 0.0328. The highest BCUT2D eigenvalue weighted by Crippen LogP contribution is 2.37. The van der Waals surface area contributed by atoms with Gasteiger partial charge in [-0.05, 0) is 31.9 Å². The molecule has 3 aromatic rings. The number of anilines is 2. The Morgan fingerprint density at radius 2 is 1.88 bits per heavy atom. The topological polar surface area (TPSA) is 128 Å². The summed E-state index contributed by atoms with van der Waals surface area (Å²) in [4.78, 5) is 28.7. The van der Waals surface area contributed by atoms with Crippen LogP contribution in [0.4, 0.5) is 24.8 Å². The molecule has 1 aliphatic heterocycles. The van der Waals surface area contributed by atoms with Crippen LogP contribution in [0.5, 0.6) is 5.75 Å². The lowest BCUT2D eigenvalue weighted by Crippen LogP contribution is -2.51. The van der Waals surface area contributed by atoms with Gasteiger partial charge in [0.15, 0.2) is 11.6 Å². The molecular formula is C29H34F3N7O3. The smallest absolute Gasteiger partial charge is 0.355 e. The van der Waals surface area contributed by atoms with E-state index in [2.05, 4.69) is 32.3 Å². The summed E-state index contributed by atoms with van der Waals surface area (Å²) in [5.41, 5.74) is 1.68. The molecule has 1 aliphatic rings. The zero-order valence-electron chi connectivity index (χ0n) is 23.7. The first-order valence-electron chi connectivity index (χ1n) is 13.7. The zero-order valence-corrected chi connectivity index (χ0v) is 23.7. The van der Waals surface area contributed by atoms with E-state index in [4.69, 9.17) is 0 Å². The van der Waals surface area contributed by atoms with Gasteiger partial charge >= 0.3 is 5.69 Å². The molecule has 1 aromatic carbocycles. The monoisotopic (exact) mass is 585 g/mol. The van der Waals surface area contributed by atoms with Crippen LogP contribution in [0.2, 0.25) is 0 Å². The first kappa shape index (κ1) is 30.7. The van der Waals surface area contributed by atoms with Gasteiger partial charge < -0.3 is 15.3 Å². The third-order valence-electron chi connectivity index (χ3n) is 7.08. The number of aryl methyl sites for hydroxylation is 2. The molecule has 1 saturated heterocycles. The fraction of sp³-hybridized carbons (Fsp3) is 0.379. The number of hydrogen-bond acceptors (Lipinski definition) is 9. The summed E-state index contributed by atoms with van der Waals surface area (Å²) < 4.78 is 45.1. The minimum atomic E-state index is -1.28. The van der Waals surface area contributed by atoms with E-state index in [1.807, 2.05) is 20.8 Å². The minimum Gasteiger partial charge on any atom is -0.504 e. The van der Waals surface area contributed by atoms with Crippen molar-refractivity contribution in [1.29, 1.82) is 0 Å². The summed E-state index contributed by atoms with van der Waals surface area (Å²) in [6.45, 7) is 10.9. The fourth-order valence-electron chi connectivity index (χ4n) is 5.04. The van der Waals surface area contributed by atoms with Crippen molar-refractivity contribution in [2.24, 2.45) is 0 Å². The molecule has 0 unspecified atom stereocenters. The predicted molar refractivity (Wildman–Crippen MR) is 155 cm³/mol. The number of nitrogens with zero attached hydrogens (tertiary/aromatic N) is 5. The van der Waals surface area contributed by atoms with Gasteiger partial charge in [-0.3, -0.25) is 10.7 Å². The van der Waals surface area contributed by atoms with Crippen molar-refractivity contribution in [2.75, 3.05) is 30.0 Å². The van der Waals surface area contributed by atoms with Crippen LogP contribution in [0.1, 0.15) is 56.1 Å². The van der Waals surface area contributed by atoms with Gasteiger partial charge in [-0.2, -0.15) is 4.98 Å². The Balaban J connectivity index is 2.04. The number of nitrogens with one attached hydrogen (secondary N) is 2. The maximum Gasteiger partial charge on any atom is 0.355 e. The van der Waals surface area contributed by atoms with Gasteiger partial charge in [-0.1, -0.05) is 33.3 Å². The van der Waals surface area contributed by atoms with Gasteiger partial charge in [-0.25, -0.2) is 32.5 Å². The maximum atomic E-state index is 15.9. The van der Waals surface area contributed by atoms with E-state index < -0.39 is 40.0 Å². The lowest BCUT2D eigenvalue weighted by Gasteiger charge is -2.36. The number of phenolic OH excluding ortho intramolecular Hbond substituents is 1. The van der Waals surface area contributed by atoms with Crippen LogP contribution in [0.25, 0.3) is 17.3 Å². The Kier molecular flexibility index (Phi) is 9.63. The van der Waals surface area contributed by atoms with Gasteiger partial charge in [0, 0.05) is 42.9 Å². The van der Waals surface area contributed by atoms with E-state index in [-0.39, 0.29) is 23.2 Å². The molecule has 0 saturated carbocycles. The molecule has 224 valence electrons. The number of aromatic nitrogens is 4. The van der Waals surface area contributed by atoms with Crippen LogP contribution in [0, 0.1) is 11.6 Å². The molecule has 4 N–H and O–H groups in total. The molecule has 1 fully saturated rings. The Morgan fingerprint density at radius 1 is 1.21 bits per heavy atom. The van der Waals surface area contributed by atoms with Crippen LogP contribution in [0.15, 0.2) is 35.7 Å². The van der Waals surface area contributed by atoms with Crippen LogP contribution in [-0.4, -0.2) is 55.5 Å². The van der Waals surface area contributed by atoms with Crippen molar-refractivity contribution in [3.63, 3.8) is 0 Å². The normalized spacial score (nSPS) is 15.6. The van der Waals surface area contributed by atoms with Crippen LogP contribution in [-0.2, 0) is 12.8 Å². The van der Waals surface area contributed by atoms with Crippen LogP contribution in [0.3, 0.4) is 0 Å². The van der Waals surface area contributed by atoms with Crippen LogP contribution < -0.4 is 21.4 Å². The molecule has 0 spiro atoms. The Labute approximate surface area is 241 Å². The Hall–Kier alpha value is -4.23. The zero-order chi connectivity index (χ0) is 30.6. The fourth-order valence-corrected chi connectivity index (χ4v) is 5.04. The number of aromatic hydroxyl groups is 1. The van der Waals surface area contributed by atoms with Crippen LogP contribution >= 0.6 is 0 Å². The van der Waals surface area contributed by atoms with Gasteiger partial charge in [0.05, 0.1) is 22.6 Å². The van der Waals surface area contributed by atoms with E-state index in [1.54, 1.807) is 4.90 Å². The summed E-state index contributed by atoms with van der Waals surface area (Å²) in [5, 5.41) is 23.9. The highest BCUT2D eigenvalue weighted by atomic mass is 19.1. The molecule has 0 aliphatic carbocycles. The van der Waals surface area contributed by atoms with E-state index in [0.717, 1.165) is 16.7 Å². The average molecular weight is 586 g/mol. The number of halogens is 3. The molecule has 0 bridgehead atoms. The SMILES string of the molecule is C=C(/C(F)=C\c1c(N2CCNC[C@@H]2C)nc(=O)n(-c2c(CCC)ncnc2CCC)c1NO)c1cc(F)cc(F)c1O. The van der Waals surface area contributed by atoms with Crippen molar-refractivity contribution in [1.82, 2.24) is 24.8 Å². The number of hydrogen-bond donors (Lipinski definition) is 4. The second-order valence-corrected chi connectivity index (χ2v) is 10.0. The average Bonchev–Trinajstić information content (AvgIpc) is 2.96. The Morgan fingerprint density at radius 3 is 2.48 bits per heavy atom. The van der Waals surface area contributed by atoms with Crippen molar-refractivity contribution in [2.45, 2.75) is 52.5 Å². The van der Waals surface area contributed by atoms with Crippen molar-refractivity contribution < 1.29 is 23.5 Å². The lowest BCUT2D eigenvalue weighted by molar-refractivity contribution is 0.382. The number of benzene rings is 1. The lowest BCUT2D eigenvalue weighted by atomic mass is 10.0. The Bertz CT molecular complexity index is 1550. The predicted octanol–water partition coefficient (Wildman–Crippen LogP) is 4.53.